The van der Waals surface area contributed by atoms with Gasteiger partial charge in [0.05, 0.1) is 25.0 Å². The lowest BCUT2D eigenvalue weighted by Gasteiger charge is -2.35. The van der Waals surface area contributed by atoms with E-state index in [2.05, 4.69) is 43.5 Å². The van der Waals surface area contributed by atoms with Crippen molar-refractivity contribution >= 4 is 52.3 Å². The lowest BCUT2D eigenvalue weighted by Crippen LogP contribution is -2.48. The standard InChI is InChI=1S/C29H33N9O3/c1-4-25(39)32-19-6-5-7-21(16-19)38-26-22(27(40)37-11-10-30-29(37)38)18-31-28(34-26)33-23-9-8-20(17-24(23)41-3)36-14-12-35(2)13-15-36/h5-9,16-18H,4,10-15H2,1-3H3,(H,32,39)(H,31,33,34). The zero-order chi connectivity index (χ0) is 28.5. The van der Waals surface area contributed by atoms with Crippen LogP contribution in [0.15, 0.2) is 53.7 Å². The van der Waals surface area contributed by atoms with E-state index in [0.717, 1.165) is 37.6 Å². The maximum atomic E-state index is 13.3. The molecule has 2 N–H and O–H groups in total. The minimum atomic E-state index is -0.191. The highest BCUT2D eigenvalue weighted by atomic mass is 16.5. The van der Waals surface area contributed by atoms with E-state index < -0.39 is 0 Å². The van der Waals surface area contributed by atoms with Gasteiger partial charge in [0.15, 0.2) is 5.82 Å². The summed E-state index contributed by atoms with van der Waals surface area (Å²) in [4.78, 5) is 47.4. The van der Waals surface area contributed by atoms with Crippen LogP contribution in [0.2, 0.25) is 0 Å². The Morgan fingerprint density at radius 3 is 2.66 bits per heavy atom. The summed E-state index contributed by atoms with van der Waals surface area (Å²) in [6.45, 7) is 6.70. The first-order chi connectivity index (χ1) is 19.9. The monoisotopic (exact) mass is 555 g/mol. The second-order valence-electron chi connectivity index (χ2n) is 10.2. The van der Waals surface area contributed by atoms with Gasteiger partial charge in [-0.1, -0.05) is 13.0 Å². The number of ether oxygens (including phenoxy) is 1. The van der Waals surface area contributed by atoms with Crippen LogP contribution in [0.5, 0.6) is 5.75 Å². The molecule has 1 saturated heterocycles. The molecule has 0 radical (unpaired) electrons. The third-order valence-electron chi connectivity index (χ3n) is 7.48. The number of nitrogens with zero attached hydrogens (tertiary/aromatic N) is 7. The number of likely N-dealkylation sites (N-methyl/N-ethyl adjacent to an activating group) is 1. The van der Waals surface area contributed by atoms with Gasteiger partial charge in [-0.3, -0.25) is 24.4 Å². The second kappa shape index (κ2) is 11.0. The number of rotatable bonds is 7. The van der Waals surface area contributed by atoms with Crippen molar-refractivity contribution in [1.29, 1.82) is 0 Å². The molecule has 2 amide bonds. The SMILES string of the molecule is CCC(=O)Nc1cccc(N2C3=NCCN3C(=O)c3cnc(Nc4ccc(N5CCN(C)CC5)cc4OC)nc32)c1. The quantitative estimate of drug-likeness (QED) is 0.453. The van der Waals surface area contributed by atoms with Gasteiger partial charge in [0.1, 0.15) is 11.3 Å². The number of fused-ring (bicyclic) bond motifs is 2. The predicted molar refractivity (Wildman–Crippen MR) is 159 cm³/mol. The second-order valence-corrected chi connectivity index (χ2v) is 10.2. The lowest BCUT2D eigenvalue weighted by atomic mass is 10.1. The van der Waals surface area contributed by atoms with Crippen LogP contribution >= 0.6 is 0 Å². The molecule has 0 bridgehead atoms. The number of aliphatic imine (C=N–C) groups is 1. The van der Waals surface area contributed by atoms with Gasteiger partial charge in [-0.2, -0.15) is 4.98 Å². The van der Waals surface area contributed by atoms with E-state index in [-0.39, 0.29) is 11.8 Å². The Bertz CT molecular complexity index is 1520. The molecule has 212 valence electrons. The van der Waals surface area contributed by atoms with Gasteiger partial charge in [-0.05, 0) is 37.4 Å². The van der Waals surface area contributed by atoms with Crippen molar-refractivity contribution in [2.75, 3.05) is 73.9 Å². The Morgan fingerprint density at radius 2 is 1.88 bits per heavy atom. The number of nitrogens with one attached hydrogen (secondary N) is 2. The molecule has 1 aromatic heterocycles. The van der Waals surface area contributed by atoms with Gasteiger partial charge < -0.3 is 25.2 Å². The molecule has 41 heavy (non-hydrogen) atoms. The molecule has 0 aliphatic carbocycles. The maximum Gasteiger partial charge on any atom is 0.266 e. The molecular weight excluding hydrogens is 522 g/mol. The maximum absolute atomic E-state index is 13.3. The number of piperazine rings is 1. The number of amides is 2. The molecule has 0 saturated carbocycles. The van der Waals surface area contributed by atoms with E-state index in [1.807, 2.05) is 41.3 Å². The molecule has 0 atom stereocenters. The van der Waals surface area contributed by atoms with Gasteiger partial charge in [-0.25, -0.2) is 4.98 Å². The summed E-state index contributed by atoms with van der Waals surface area (Å²) in [6.07, 6.45) is 1.91. The molecule has 6 rings (SSSR count). The fourth-order valence-corrected chi connectivity index (χ4v) is 5.19. The largest absolute Gasteiger partial charge is 0.494 e. The fourth-order valence-electron chi connectivity index (χ4n) is 5.19. The van der Waals surface area contributed by atoms with Crippen LogP contribution in [-0.4, -0.2) is 91.0 Å². The van der Waals surface area contributed by atoms with E-state index in [1.54, 1.807) is 25.1 Å². The number of methoxy groups -OCH3 is 1. The summed E-state index contributed by atoms with van der Waals surface area (Å²) in [5.74, 6) is 1.62. The van der Waals surface area contributed by atoms with E-state index in [1.165, 1.54) is 0 Å². The summed E-state index contributed by atoms with van der Waals surface area (Å²) in [7, 11) is 3.77. The van der Waals surface area contributed by atoms with Crippen molar-refractivity contribution < 1.29 is 14.3 Å². The Hall–Kier alpha value is -4.71. The van der Waals surface area contributed by atoms with Crippen molar-refractivity contribution in [3.8, 4) is 5.75 Å². The molecule has 2 aromatic carbocycles. The Morgan fingerprint density at radius 1 is 1.05 bits per heavy atom. The van der Waals surface area contributed by atoms with E-state index in [9.17, 15) is 9.59 Å². The number of guanidine groups is 1. The molecule has 3 aliphatic heterocycles. The van der Waals surface area contributed by atoms with Crippen molar-refractivity contribution in [3.05, 3.63) is 54.2 Å². The first-order valence-electron chi connectivity index (χ1n) is 13.8. The minimum absolute atomic E-state index is 0.0856. The van der Waals surface area contributed by atoms with Crippen LogP contribution in [0.1, 0.15) is 23.7 Å². The van der Waals surface area contributed by atoms with E-state index in [4.69, 9.17) is 9.72 Å². The molecule has 1 fully saturated rings. The Kier molecular flexibility index (Phi) is 7.14. The Balaban J connectivity index is 1.34. The molecule has 0 unspecified atom stereocenters. The van der Waals surface area contributed by atoms with Crippen molar-refractivity contribution in [3.63, 3.8) is 0 Å². The first-order valence-corrected chi connectivity index (χ1v) is 13.8. The zero-order valence-corrected chi connectivity index (χ0v) is 23.4. The molecule has 0 spiro atoms. The molecule has 12 nitrogen and oxygen atoms in total. The molecule has 12 heteroatoms. The molecule has 3 aliphatic rings. The Labute approximate surface area is 238 Å². The van der Waals surface area contributed by atoms with E-state index in [0.29, 0.717) is 59.9 Å². The first kappa shape index (κ1) is 26.5. The van der Waals surface area contributed by atoms with Gasteiger partial charge in [0.25, 0.3) is 5.91 Å². The van der Waals surface area contributed by atoms with Crippen LogP contribution in [0.4, 0.5) is 34.5 Å². The number of carbonyl (C=O) groups excluding carboxylic acids is 2. The number of aromatic nitrogens is 2. The van der Waals surface area contributed by atoms with Gasteiger partial charge in [0, 0.05) is 62.8 Å². The smallest absolute Gasteiger partial charge is 0.266 e. The van der Waals surface area contributed by atoms with Gasteiger partial charge in [-0.15, -0.1) is 0 Å². The molecule has 3 aromatic rings. The number of anilines is 6. The molecular formula is C29H33N9O3. The third kappa shape index (κ3) is 5.13. The van der Waals surface area contributed by atoms with Crippen LogP contribution < -0.4 is 25.2 Å². The summed E-state index contributed by atoms with van der Waals surface area (Å²) in [6, 6.07) is 13.5. The number of carbonyl (C=O) groups is 2. The highest BCUT2D eigenvalue weighted by Crippen LogP contribution is 2.37. The van der Waals surface area contributed by atoms with Crippen molar-refractivity contribution in [2.24, 2.45) is 4.99 Å². The number of benzene rings is 2. The molecule has 4 heterocycles. The topological polar surface area (TPSA) is 119 Å². The number of hydrogen-bond donors (Lipinski definition) is 2. The fraction of sp³-hybridized carbons (Fsp3) is 0.345. The van der Waals surface area contributed by atoms with Crippen LogP contribution in [0.25, 0.3) is 0 Å². The average Bonchev–Trinajstić information content (AvgIpc) is 3.48. The highest BCUT2D eigenvalue weighted by molar-refractivity contribution is 6.21. The summed E-state index contributed by atoms with van der Waals surface area (Å²) < 4.78 is 5.72. The number of hydrogen-bond acceptors (Lipinski definition) is 10. The lowest BCUT2D eigenvalue weighted by molar-refractivity contribution is -0.115. The average molecular weight is 556 g/mol. The third-order valence-corrected chi connectivity index (χ3v) is 7.48. The van der Waals surface area contributed by atoms with Crippen LogP contribution in [0, 0.1) is 0 Å². The van der Waals surface area contributed by atoms with Gasteiger partial charge in [0.2, 0.25) is 17.8 Å². The van der Waals surface area contributed by atoms with Crippen molar-refractivity contribution in [2.45, 2.75) is 13.3 Å². The summed E-state index contributed by atoms with van der Waals surface area (Å²) in [5, 5.41) is 6.18. The highest BCUT2D eigenvalue weighted by Gasteiger charge is 2.40. The summed E-state index contributed by atoms with van der Waals surface area (Å²) >= 11 is 0. The minimum Gasteiger partial charge on any atom is -0.494 e. The predicted octanol–water partition coefficient (Wildman–Crippen LogP) is 3.29. The summed E-state index contributed by atoms with van der Waals surface area (Å²) in [5.41, 5.74) is 3.55. The van der Waals surface area contributed by atoms with Crippen LogP contribution in [-0.2, 0) is 4.79 Å². The zero-order valence-electron chi connectivity index (χ0n) is 23.4. The van der Waals surface area contributed by atoms with Crippen molar-refractivity contribution in [1.82, 2.24) is 19.8 Å². The van der Waals surface area contributed by atoms with Gasteiger partial charge >= 0.3 is 0 Å². The van der Waals surface area contributed by atoms with E-state index >= 15 is 0 Å². The normalized spacial score (nSPS) is 16.7. The van der Waals surface area contributed by atoms with Crippen LogP contribution in [0.3, 0.4) is 0 Å².